The summed E-state index contributed by atoms with van der Waals surface area (Å²) in [7, 11) is 0. The minimum Gasteiger partial charge on any atom is -0.481 e. The fourth-order valence-electron chi connectivity index (χ4n) is 3.32. The Hall–Kier alpha value is -2.82. The van der Waals surface area contributed by atoms with Crippen molar-refractivity contribution in [1.82, 2.24) is 5.32 Å². The van der Waals surface area contributed by atoms with Gasteiger partial charge in [0.05, 0.1) is 0 Å². The van der Waals surface area contributed by atoms with Crippen LogP contribution in [0.4, 0.5) is 4.79 Å². The first-order valence-electron chi connectivity index (χ1n) is 8.96. The second kappa shape index (κ2) is 8.52. The third-order valence-corrected chi connectivity index (χ3v) is 4.64. The number of amides is 1. The molecule has 5 nitrogen and oxygen atoms in total. The smallest absolute Gasteiger partial charge is 0.407 e. The number of aliphatic carboxylic acids is 1. The predicted molar refractivity (Wildman–Crippen MR) is 99.0 cm³/mol. The predicted octanol–water partition coefficient (Wildman–Crippen LogP) is 4.13. The lowest BCUT2D eigenvalue weighted by molar-refractivity contribution is -0.137. The molecule has 1 aliphatic carbocycles. The average molecular weight is 353 g/mol. The van der Waals surface area contributed by atoms with Crippen LogP contribution < -0.4 is 5.32 Å². The summed E-state index contributed by atoms with van der Waals surface area (Å²) in [6.45, 7) is 0.749. The fourth-order valence-corrected chi connectivity index (χ4v) is 3.32. The zero-order valence-electron chi connectivity index (χ0n) is 14.7. The van der Waals surface area contributed by atoms with Crippen LogP contribution in [0.15, 0.2) is 42.5 Å². The van der Waals surface area contributed by atoms with Crippen molar-refractivity contribution in [3.63, 3.8) is 0 Å². The van der Waals surface area contributed by atoms with Gasteiger partial charge in [-0.15, -0.1) is 0 Å². The van der Waals surface area contributed by atoms with Crippen molar-refractivity contribution in [2.24, 2.45) is 0 Å². The zero-order chi connectivity index (χ0) is 18.4. The highest BCUT2D eigenvalue weighted by Crippen LogP contribution is 2.38. The van der Waals surface area contributed by atoms with Crippen molar-refractivity contribution >= 4 is 12.1 Å². The number of ether oxygens (including phenoxy) is 1. The minimum atomic E-state index is -0.782. The lowest BCUT2D eigenvalue weighted by Crippen LogP contribution is -2.25. The summed E-state index contributed by atoms with van der Waals surface area (Å²) >= 11 is 0. The van der Waals surface area contributed by atoms with E-state index in [-0.39, 0.29) is 13.0 Å². The maximum absolute atomic E-state index is 11.8. The number of carboxylic acids is 1. The maximum Gasteiger partial charge on any atom is 0.407 e. The number of alkyl carbamates (subject to hydrolysis) is 1. The van der Waals surface area contributed by atoms with Gasteiger partial charge in [-0.1, -0.05) is 48.9 Å². The molecule has 0 spiro atoms. The van der Waals surface area contributed by atoms with Gasteiger partial charge in [-0.2, -0.15) is 0 Å². The largest absolute Gasteiger partial charge is 0.481 e. The first-order chi connectivity index (χ1) is 12.6. The Bertz CT molecular complexity index is 800. The number of hydrogen-bond acceptors (Lipinski definition) is 3. The van der Waals surface area contributed by atoms with Gasteiger partial charge < -0.3 is 15.2 Å². The standard InChI is InChI=1S/C21H23NO4/c23-20(24)11-2-1-5-12-22-21(25)26-14-16-8-6-10-18-17-9-4-3-7-15(17)13-19(16)18/h3-4,6-10H,1-2,5,11-14H2,(H,22,25)(H,23,24). The van der Waals surface area contributed by atoms with E-state index in [9.17, 15) is 9.59 Å². The highest BCUT2D eigenvalue weighted by molar-refractivity contribution is 5.78. The summed E-state index contributed by atoms with van der Waals surface area (Å²) in [6.07, 6.45) is 2.76. The molecule has 3 rings (SSSR count). The van der Waals surface area contributed by atoms with Crippen LogP contribution in [0, 0.1) is 0 Å². The van der Waals surface area contributed by atoms with E-state index in [0.29, 0.717) is 13.0 Å². The molecule has 2 aromatic rings. The molecule has 0 heterocycles. The topological polar surface area (TPSA) is 75.6 Å². The SMILES string of the molecule is O=C(O)CCCCCNC(=O)OCc1cccc2c1Cc1ccccc1-2. The number of rotatable bonds is 8. The highest BCUT2D eigenvalue weighted by Gasteiger charge is 2.20. The number of benzene rings is 2. The third kappa shape index (κ3) is 4.42. The molecule has 0 saturated heterocycles. The average Bonchev–Trinajstić information content (AvgIpc) is 3.02. The molecule has 0 aliphatic heterocycles. The van der Waals surface area contributed by atoms with Gasteiger partial charge in [0.15, 0.2) is 0 Å². The molecular formula is C21H23NO4. The number of fused-ring (bicyclic) bond motifs is 3. The Morgan fingerprint density at radius 1 is 1.00 bits per heavy atom. The quantitative estimate of drug-likeness (QED) is 0.597. The maximum atomic E-state index is 11.8. The van der Waals surface area contributed by atoms with Crippen LogP contribution in [0.2, 0.25) is 0 Å². The van der Waals surface area contributed by atoms with Crippen molar-refractivity contribution in [3.05, 3.63) is 59.2 Å². The van der Waals surface area contributed by atoms with Gasteiger partial charge in [0.1, 0.15) is 6.61 Å². The molecule has 2 N–H and O–H groups in total. The van der Waals surface area contributed by atoms with Crippen LogP contribution >= 0.6 is 0 Å². The van der Waals surface area contributed by atoms with Gasteiger partial charge in [-0.05, 0) is 47.1 Å². The van der Waals surface area contributed by atoms with Crippen molar-refractivity contribution in [1.29, 1.82) is 0 Å². The van der Waals surface area contributed by atoms with Gasteiger partial charge in [-0.25, -0.2) is 4.79 Å². The molecule has 0 saturated carbocycles. The van der Waals surface area contributed by atoms with Crippen molar-refractivity contribution in [2.45, 2.75) is 38.7 Å². The minimum absolute atomic E-state index is 0.173. The van der Waals surface area contributed by atoms with Crippen LogP contribution in [-0.2, 0) is 22.6 Å². The molecule has 26 heavy (non-hydrogen) atoms. The molecule has 136 valence electrons. The normalized spacial score (nSPS) is 11.5. The number of carbonyl (C=O) groups is 2. The van der Waals surface area contributed by atoms with E-state index in [0.717, 1.165) is 24.8 Å². The van der Waals surface area contributed by atoms with E-state index in [2.05, 4.69) is 23.5 Å². The molecule has 2 aromatic carbocycles. The second-order valence-electron chi connectivity index (χ2n) is 6.48. The third-order valence-electron chi connectivity index (χ3n) is 4.64. The summed E-state index contributed by atoms with van der Waals surface area (Å²) in [4.78, 5) is 22.3. The molecule has 0 bridgehead atoms. The molecule has 5 heteroatoms. The first-order valence-corrected chi connectivity index (χ1v) is 8.96. The number of hydrogen-bond donors (Lipinski definition) is 2. The van der Waals surface area contributed by atoms with E-state index in [1.807, 2.05) is 24.3 Å². The first kappa shape index (κ1) is 18.0. The van der Waals surface area contributed by atoms with Gasteiger partial charge in [0.25, 0.3) is 0 Å². The number of carbonyl (C=O) groups excluding carboxylic acids is 1. The van der Waals surface area contributed by atoms with Gasteiger partial charge in [-0.3, -0.25) is 4.79 Å². The molecule has 1 aliphatic rings. The number of carboxylic acid groups (broad SMARTS) is 1. The van der Waals surface area contributed by atoms with Crippen LogP contribution in [-0.4, -0.2) is 23.7 Å². The van der Waals surface area contributed by atoms with E-state index in [4.69, 9.17) is 9.84 Å². The van der Waals surface area contributed by atoms with Crippen LogP contribution in [0.5, 0.6) is 0 Å². The molecule has 0 aromatic heterocycles. The van der Waals surface area contributed by atoms with Crippen LogP contribution in [0.25, 0.3) is 11.1 Å². The highest BCUT2D eigenvalue weighted by atomic mass is 16.5. The summed E-state index contributed by atoms with van der Waals surface area (Å²) in [5.74, 6) is -0.782. The summed E-state index contributed by atoms with van der Waals surface area (Å²) in [5.41, 5.74) is 6.06. The zero-order valence-corrected chi connectivity index (χ0v) is 14.7. The molecule has 0 fully saturated rings. The van der Waals surface area contributed by atoms with E-state index >= 15 is 0 Å². The monoisotopic (exact) mass is 353 g/mol. The van der Waals surface area contributed by atoms with Gasteiger partial charge in [0, 0.05) is 13.0 Å². The van der Waals surface area contributed by atoms with Crippen molar-refractivity contribution in [3.8, 4) is 11.1 Å². The van der Waals surface area contributed by atoms with Gasteiger partial charge >= 0.3 is 12.1 Å². The van der Waals surface area contributed by atoms with Crippen molar-refractivity contribution < 1.29 is 19.4 Å². The molecule has 0 atom stereocenters. The second-order valence-corrected chi connectivity index (χ2v) is 6.48. The van der Waals surface area contributed by atoms with Crippen LogP contribution in [0.3, 0.4) is 0 Å². The summed E-state index contributed by atoms with van der Waals surface area (Å²) in [6, 6.07) is 14.5. The molecule has 0 unspecified atom stereocenters. The lowest BCUT2D eigenvalue weighted by Gasteiger charge is -2.10. The molecular weight excluding hydrogens is 330 g/mol. The Kier molecular flexibility index (Phi) is 5.89. The molecule has 1 amide bonds. The van der Waals surface area contributed by atoms with Crippen molar-refractivity contribution in [2.75, 3.05) is 6.54 Å². The Morgan fingerprint density at radius 2 is 1.81 bits per heavy atom. The Labute approximate surface area is 153 Å². The van der Waals surface area contributed by atoms with Crippen LogP contribution in [0.1, 0.15) is 42.4 Å². The van der Waals surface area contributed by atoms with E-state index in [1.165, 1.54) is 22.3 Å². The number of nitrogens with one attached hydrogen (secondary N) is 1. The van der Waals surface area contributed by atoms with E-state index < -0.39 is 12.1 Å². The lowest BCUT2D eigenvalue weighted by atomic mass is 10.0. The summed E-state index contributed by atoms with van der Waals surface area (Å²) in [5, 5.41) is 11.3. The van der Waals surface area contributed by atoms with E-state index in [1.54, 1.807) is 0 Å². The Balaban J connectivity index is 1.46. The number of unbranched alkanes of at least 4 members (excludes halogenated alkanes) is 2. The Morgan fingerprint density at radius 3 is 2.65 bits per heavy atom. The summed E-state index contributed by atoms with van der Waals surface area (Å²) < 4.78 is 5.35. The fraction of sp³-hybridized carbons (Fsp3) is 0.333. The molecule has 0 radical (unpaired) electrons. The van der Waals surface area contributed by atoms with Gasteiger partial charge in [0.2, 0.25) is 0 Å².